The summed E-state index contributed by atoms with van der Waals surface area (Å²) in [4.78, 5) is 24.8. The van der Waals surface area contributed by atoms with Crippen LogP contribution in [0.2, 0.25) is 5.02 Å². The first-order valence-corrected chi connectivity index (χ1v) is 7.29. The number of rotatable bonds is 2. The molecule has 0 bridgehead atoms. The molecule has 1 heterocycles. The van der Waals surface area contributed by atoms with E-state index in [2.05, 4.69) is 0 Å². The second kappa shape index (κ2) is 5.77. The predicted octanol–water partition coefficient (Wildman–Crippen LogP) is 3.84. The van der Waals surface area contributed by atoms with Crippen molar-refractivity contribution in [2.45, 2.75) is 12.8 Å². The van der Waals surface area contributed by atoms with Gasteiger partial charge in [-0.1, -0.05) is 29.8 Å². The highest BCUT2D eigenvalue weighted by Crippen LogP contribution is 2.32. The first kappa shape index (κ1) is 14.5. The maximum Gasteiger partial charge on any atom is 0.271 e. The molecule has 5 nitrogen and oxygen atoms in total. The van der Waals surface area contributed by atoms with Crippen LogP contribution >= 0.6 is 11.6 Å². The van der Waals surface area contributed by atoms with E-state index in [9.17, 15) is 14.9 Å². The van der Waals surface area contributed by atoms with Crippen LogP contribution in [-0.4, -0.2) is 17.4 Å². The van der Waals surface area contributed by atoms with Gasteiger partial charge in [0.25, 0.3) is 11.6 Å². The van der Waals surface area contributed by atoms with Gasteiger partial charge in [-0.15, -0.1) is 0 Å². The zero-order chi connectivity index (χ0) is 15.7. The van der Waals surface area contributed by atoms with Crippen LogP contribution in [0.3, 0.4) is 0 Å². The van der Waals surface area contributed by atoms with Crippen LogP contribution in [0.25, 0.3) is 0 Å². The average Bonchev–Trinajstić information content (AvgIpc) is 2.53. The molecule has 3 rings (SSSR count). The van der Waals surface area contributed by atoms with Gasteiger partial charge < -0.3 is 4.90 Å². The highest BCUT2D eigenvalue weighted by molar-refractivity contribution is 6.34. The Morgan fingerprint density at radius 3 is 2.73 bits per heavy atom. The van der Waals surface area contributed by atoms with E-state index in [1.54, 1.807) is 35.2 Å². The van der Waals surface area contributed by atoms with Crippen LogP contribution in [0.5, 0.6) is 0 Å². The molecule has 1 aliphatic heterocycles. The summed E-state index contributed by atoms with van der Waals surface area (Å²) in [6.45, 7) is 0.526. The van der Waals surface area contributed by atoms with E-state index in [1.165, 1.54) is 12.1 Å². The number of nitrogens with zero attached hydrogens (tertiary/aromatic N) is 2. The summed E-state index contributed by atoms with van der Waals surface area (Å²) < 4.78 is 0. The zero-order valence-electron chi connectivity index (χ0n) is 11.7. The summed E-state index contributed by atoms with van der Waals surface area (Å²) in [5.41, 5.74) is 1.93. The van der Waals surface area contributed by atoms with Crippen molar-refractivity contribution < 1.29 is 9.72 Å². The fraction of sp³-hybridized carbons (Fsp3) is 0.188. The molecule has 0 saturated carbocycles. The topological polar surface area (TPSA) is 63.5 Å². The molecule has 0 saturated heterocycles. The highest BCUT2D eigenvalue weighted by atomic mass is 35.5. The number of amides is 1. The van der Waals surface area contributed by atoms with Crippen molar-refractivity contribution >= 4 is 28.9 Å². The molecular formula is C16H13ClN2O3. The molecule has 0 fully saturated rings. The number of carbonyl (C=O) groups is 1. The Morgan fingerprint density at radius 1 is 1.23 bits per heavy atom. The SMILES string of the molecule is O=C(c1ccccc1Cl)N1CCCc2ccc([N+](=O)[O-])cc21. The van der Waals surface area contributed by atoms with Crippen LogP contribution in [-0.2, 0) is 6.42 Å². The molecule has 0 spiro atoms. The van der Waals surface area contributed by atoms with Crippen LogP contribution in [0.4, 0.5) is 11.4 Å². The van der Waals surface area contributed by atoms with E-state index in [4.69, 9.17) is 11.6 Å². The van der Waals surface area contributed by atoms with Crippen LogP contribution in [0, 0.1) is 10.1 Å². The lowest BCUT2D eigenvalue weighted by atomic mass is 10.00. The third kappa shape index (κ3) is 2.55. The minimum Gasteiger partial charge on any atom is -0.308 e. The number of anilines is 1. The molecule has 22 heavy (non-hydrogen) atoms. The molecule has 2 aromatic rings. The second-order valence-corrected chi connectivity index (χ2v) is 5.52. The summed E-state index contributed by atoms with van der Waals surface area (Å²) in [7, 11) is 0. The van der Waals surface area contributed by atoms with Gasteiger partial charge in [-0.2, -0.15) is 0 Å². The Bertz CT molecular complexity index is 761. The van der Waals surface area contributed by atoms with Gasteiger partial charge in [-0.3, -0.25) is 14.9 Å². The van der Waals surface area contributed by atoms with Crippen molar-refractivity contribution in [2.75, 3.05) is 11.4 Å². The normalized spacial score (nSPS) is 13.6. The number of nitro groups is 1. The molecule has 0 aliphatic carbocycles. The summed E-state index contributed by atoms with van der Waals surface area (Å²) in [6.07, 6.45) is 1.63. The lowest BCUT2D eigenvalue weighted by Gasteiger charge is -2.29. The fourth-order valence-corrected chi connectivity index (χ4v) is 2.88. The maximum absolute atomic E-state index is 12.7. The van der Waals surface area contributed by atoms with Crippen molar-refractivity contribution in [1.82, 2.24) is 0 Å². The van der Waals surface area contributed by atoms with Gasteiger partial charge in [0.05, 0.1) is 21.2 Å². The third-order valence-corrected chi connectivity index (χ3v) is 4.08. The van der Waals surface area contributed by atoms with E-state index in [0.29, 0.717) is 22.8 Å². The monoisotopic (exact) mass is 316 g/mol. The first-order valence-electron chi connectivity index (χ1n) is 6.91. The van der Waals surface area contributed by atoms with Crippen molar-refractivity contribution in [3.05, 3.63) is 68.7 Å². The molecule has 0 N–H and O–H groups in total. The van der Waals surface area contributed by atoms with Crippen molar-refractivity contribution in [2.24, 2.45) is 0 Å². The van der Waals surface area contributed by atoms with E-state index >= 15 is 0 Å². The number of fused-ring (bicyclic) bond motifs is 1. The Labute approximate surface area is 132 Å². The Kier molecular flexibility index (Phi) is 3.81. The summed E-state index contributed by atoms with van der Waals surface area (Å²) in [5.74, 6) is -0.230. The summed E-state index contributed by atoms with van der Waals surface area (Å²) >= 11 is 6.09. The van der Waals surface area contributed by atoms with E-state index in [-0.39, 0.29) is 11.6 Å². The Balaban J connectivity index is 2.04. The minimum atomic E-state index is -0.451. The number of benzene rings is 2. The van der Waals surface area contributed by atoms with Gasteiger partial charge in [0.1, 0.15) is 0 Å². The molecular weight excluding hydrogens is 304 g/mol. The van der Waals surface area contributed by atoms with Gasteiger partial charge in [0.2, 0.25) is 0 Å². The first-order chi connectivity index (χ1) is 10.6. The Hall–Kier alpha value is -2.40. The summed E-state index contributed by atoms with van der Waals surface area (Å²) in [5, 5.41) is 11.3. The molecule has 1 aliphatic rings. The predicted molar refractivity (Wildman–Crippen MR) is 84.5 cm³/mol. The number of aryl methyl sites for hydroxylation is 1. The number of nitro benzene ring substituents is 1. The second-order valence-electron chi connectivity index (χ2n) is 5.11. The smallest absolute Gasteiger partial charge is 0.271 e. The van der Waals surface area contributed by atoms with Gasteiger partial charge in [0.15, 0.2) is 0 Å². The van der Waals surface area contributed by atoms with Crippen molar-refractivity contribution in [3.8, 4) is 0 Å². The van der Waals surface area contributed by atoms with Crippen LogP contribution in [0.1, 0.15) is 22.3 Å². The van der Waals surface area contributed by atoms with Crippen LogP contribution < -0.4 is 4.90 Å². The lowest BCUT2D eigenvalue weighted by Crippen LogP contribution is -2.35. The van der Waals surface area contributed by atoms with Gasteiger partial charge >= 0.3 is 0 Å². The quantitative estimate of drug-likeness (QED) is 0.624. The molecule has 0 atom stereocenters. The number of hydrogen-bond acceptors (Lipinski definition) is 3. The highest BCUT2D eigenvalue weighted by Gasteiger charge is 2.26. The summed E-state index contributed by atoms with van der Waals surface area (Å²) in [6, 6.07) is 11.5. The fourth-order valence-electron chi connectivity index (χ4n) is 2.67. The van der Waals surface area contributed by atoms with Gasteiger partial charge in [-0.25, -0.2) is 0 Å². The molecule has 2 aromatic carbocycles. The van der Waals surface area contributed by atoms with E-state index in [1.807, 2.05) is 0 Å². The van der Waals surface area contributed by atoms with Crippen molar-refractivity contribution in [1.29, 1.82) is 0 Å². The number of carbonyl (C=O) groups excluding carboxylic acids is 1. The van der Waals surface area contributed by atoms with Gasteiger partial charge in [0, 0.05) is 18.7 Å². The molecule has 0 aromatic heterocycles. The molecule has 6 heteroatoms. The molecule has 0 radical (unpaired) electrons. The minimum absolute atomic E-state index is 0.0161. The van der Waals surface area contributed by atoms with Crippen LogP contribution in [0.15, 0.2) is 42.5 Å². The number of hydrogen-bond donors (Lipinski definition) is 0. The standard InChI is InChI=1S/C16H13ClN2O3/c17-14-6-2-1-5-13(14)16(20)18-9-3-4-11-7-8-12(19(21)22)10-15(11)18/h1-2,5-8,10H,3-4,9H2. The zero-order valence-corrected chi connectivity index (χ0v) is 12.4. The molecule has 1 amide bonds. The average molecular weight is 317 g/mol. The van der Waals surface area contributed by atoms with E-state index < -0.39 is 4.92 Å². The van der Waals surface area contributed by atoms with E-state index in [0.717, 1.165) is 18.4 Å². The number of non-ortho nitro benzene ring substituents is 1. The Morgan fingerprint density at radius 2 is 2.00 bits per heavy atom. The lowest BCUT2D eigenvalue weighted by molar-refractivity contribution is -0.384. The molecule has 112 valence electrons. The molecule has 0 unspecified atom stereocenters. The van der Waals surface area contributed by atoms with Crippen molar-refractivity contribution in [3.63, 3.8) is 0 Å². The van der Waals surface area contributed by atoms with Gasteiger partial charge in [-0.05, 0) is 30.5 Å². The largest absolute Gasteiger partial charge is 0.308 e. The number of halogens is 1. The maximum atomic E-state index is 12.7. The third-order valence-electron chi connectivity index (χ3n) is 3.75.